The van der Waals surface area contributed by atoms with Crippen LogP contribution in [0.1, 0.15) is 50.3 Å². The van der Waals surface area contributed by atoms with Gasteiger partial charge in [-0.05, 0) is 51.3 Å². The zero-order valence-electron chi connectivity index (χ0n) is 17.4. The number of H-pyrrole nitrogens is 1. The molecular formula is C19H24F3N5O4S. The topological polar surface area (TPSA) is 139 Å². The molecule has 32 heavy (non-hydrogen) atoms. The van der Waals surface area contributed by atoms with E-state index in [0.717, 1.165) is 18.2 Å². The van der Waals surface area contributed by atoms with Crippen molar-refractivity contribution in [3.8, 4) is 0 Å². The molecule has 0 bridgehead atoms. The number of hydrogen-bond donors (Lipinski definition) is 4. The number of nitrogens with zero attached hydrogens (tertiary/aromatic N) is 1. The number of aromatic amines is 1. The Hall–Kier alpha value is -2.80. The number of alkyl halides is 3. The predicted octanol–water partition coefficient (Wildman–Crippen LogP) is 3.59. The van der Waals surface area contributed by atoms with Crippen LogP contribution in [0, 0.1) is 0 Å². The Kier molecular flexibility index (Phi) is 6.69. The molecule has 176 valence electrons. The summed E-state index contributed by atoms with van der Waals surface area (Å²) in [7, 11) is -4.54. The maximum absolute atomic E-state index is 13.3. The smallest absolute Gasteiger partial charge is 0.417 e. The van der Waals surface area contributed by atoms with E-state index in [0.29, 0.717) is 18.9 Å². The number of primary sulfonamides is 1. The van der Waals surface area contributed by atoms with Crippen molar-refractivity contribution in [3.05, 3.63) is 35.5 Å². The Morgan fingerprint density at radius 1 is 1.28 bits per heavy atom. The fourth-order valence-electron chi connectivity index (χ4n) is 3.59. The van der Waals surface area contributed by atoms with E-state index in [-0.39, 0.29) is 29.6 Å². The summed E-state index contributed by atoms with van der Waals surface area (Å²) >= 11 is 0. The summed E-state index contributed by atoms with van der Waals surface area (Å²) in [5, 5.41) is 17.2. The maximum Gasteiger partial charge on any atom is 0.417 e. The number of hydrogen-bond acceptors (Lipinski definition) is 6. The van der Waals surface area contributed by atoms with Crippen molar-refractivity contribution in [3.63, 3.8) is 0 Å². The van der Waals surface area contributed by atoms with Crippen LogP contribution in [0.25, 0.3) is 0 Å². The number of aromatic nitrogens is 2. The number of nitrogens with two attached hydrogens (primary N) is 1. The molecule has 0 unspecified atom stereocenters. The average molecular weight is 475 g/mol. The summed E-state index contributed by atoms with van der Waals surface area (Å²) in [5.41, 5.74) is -0.614. The number of halogens is 3. The molecule has 0 aliphatic heterocycles. The van der Waals surface area contributed by atoms with Gasteiger partial charge in [-0.2, -0.15) is 18.3 Å². The van der Waals surface area contributed by atoms with Gasteiger partial charge in [-0.3, -0.25) is 5.10 Å². The van der Waals surface area contributed by atoms with Gasteiger partial charge in [0, 0.05) is 29.4 Å². The van der Waals surface area contributed by atoms with Gasteiger partial charge in [0.2, 0.25) is 10.0 Å². The summed E-state index contributed by atoms with van der Waals surface area (Å²) in [6, 6.07) is 4.27. The number of carbonyl (C=O) groups excluding carboxylic acids is 1. The molecule has 1 saturated carbocycles. The molecule has 5 N–H and O–H groups in total. The Balaban J connectivity index is 1.69. The highest BCUT2D eigenvalue weighted by Gasteiger charge is 2.37. The van der Waals surface area contributed by atoms with Gasteiger partial charge in [-0.25, -0.2) is 18.4 Å². The molecular weight excluding hydrogens is 451 g/mol. The van der Waals surface area contributed by atoms with Gasteiger partial charge in [0.25, 0.3) is 0 Å². The van der Waals surface area contributed by atoms with Crippen molar-refractivity contribution in [1.82, 2.24) is 15.5 Å². The fourth-order valence-corrected chi connectivity index (χ4v) is 4.32. The number of anilines is 2. The molecule has 1 aromatic heterocycles. The minimum absolute atomic E-state index is 0.000707. The quantitative estimate of drug-likeness (QED) is 0.504. The Morgan fingerprint density at radius 2 is 2.00 bits per heavy atom. The van der Waals surface area contributed by atoms with Gasteiger partial charge >= 0.3 is 12.3 Å². The lowest BCUT2D eigenvalue weighted by Gasteiger charge is -2.14. The van der Waals surface area contributed by atoms with Crippen molar-refractivity contribution in [1.29, 1.82) is 0 Å². The minimum atomic E-state index is -4.91. The van der Waals surface area contributed by atoms with E-state index < -0.39 is 32.8 Å². The number of alkyl carbamates (subject to hydrolysis) is 1. The number of rotatable bonds is 6. The van der Waals surface area contributed by atoms with Crippen LogP contribution >= 0.6 is 0 Å². The molecule has 0 radical (unpaired) electrons. The molecule has 1 heterocycles. The molecule has 1 fully saturated rings. The number of carbonyl (C=O) groups is 1. The summed E-state index contributed by atoms with van der Waals surface area (Å²) < 4.78 is 68.2. The van der Waals surface area contributed by atoms with Gasteiger partial charge in [-0.1, -0.05) is 0 Å². The van der Waals surface area contributed by atoms with Crippen LogP contribution in [-0.2, 0) is 20.9 Å². The van der Waals surface area contributed by atoms with E-state index >= 15 is 0 Å². The van der Waals surface area contributed by atoms with Gasteiger partial charge in [0.15, 0.2) is 5.82 Å². The number of sulfonamides is 1. The number of ether oxygens (including phenoxy) is 1. The second-order valence-corrected chi connectivity index (χ2v) is 9.45. The molecule has 1 aromatic carbocycles. The lowest BCUT2D eigenvalue weighted by molar-refractivity contribution is -0.139. The summed E-state index contributed by atoms with van der Waals surface area (Å²) in [6.07, 6.45) is -3.59. The zero-order valence-corrected chi connectivity index (χ0v) is 18.2. The Bertz CT molecular complexity index is 1080. The molecule has 0 saturated heterocycles. The third-order valence-corrected chi connectivity index (χ3v) is 5.94. The number of benzene rings is 1. The molecule has 1 amide bonds. The number of nitrogens with one attached hydrogen (secondary N) is 3. The molecule has 2 atom stereocenters. The first kappa shape index (κ1) is 23.9. The van der Waals surface area contributed by atoms with Crippen LogP contribution in [0.5, 0.6) is 0 Å². The lowest BCUT2D eigenvalue weighted by Crippen LogP contribution is -2.33. The van der Waals surface area contributed by atoms with E-state index in [4.69, 9.17) is 9.88 Å². The Morgan fingerprint density at radius 3 is 2.62 bits per heavy atom. The van der Waals surface area contributed by atoms with Crippen LogP contribution in [0.15, 0.2) is 29.2 Å². The first-order chi connectivity index (χ1) is 14.8. The highest BCUT2D eigenvalue weighted by Crippen LogP contribution is 2.38. The normalized spacial score (nSPS) is 19.2. The predicted molar refractivity (Wildman–Crippen MR) is 110 cm³/mol. The molecule has 2 aromatic rings. The van der Waals surface area contributed by atoms with Crippen LogP contribution < -0.4 is 15.8 Å². The highest BCUT2D eigenvalue weighted by molar-refractivity contribution is 7.89. The molecule has 1 aliphatic carbocycles. The zero-order chi connectivity index (χ0) is 23.7. The largest absolute Gasteiger partial charge is 0.446 e. The van der Waals surface area contributed by atoms with Crippen molar-refractivity contribution >= 4 is 27.6 Å². The molecule has 1 aliphatic rings. The third-order valence-electron chi connectivity index (χ3n) is 4.97. The SMILES string of the molecule is CC(C)NC(=O)O[C@H]1CC[C@@H](c2cc(Nc3ccc(S(N)(=O)=O)c(C(F)(F)F)c3)n[nH]2)C1. The van der Waals surface area contributed by atoms with Gasteiger partial charge in [-0.15, -0.1) is 0 Å². The molecule has 3 rings (SSSR count). The fraction of sp³-hybridized carbons (Fsp3) is 0.474. The lowest BCUT2D eigenvalue weighted by atomic mass is 10.0. The van der Waals surface area contributed by atoms with Crippen molar-refractivity contribution in [2.24, 2.45) is 5.14 Å². The van der Waals surface area contributed by atoms with E-state index in [1.54, 1.807) is 6.07 Å². The van der Waals surface area contributed by atoms with Crippen molar-refractivity contribution < 1.29 is 31.1 Å². The standard InChI is InChI=1S/C19H24F3N5O4S/c1-10(2)24-18(28)31-13-5-3-11(7-13)15-9-17(27-26-15)25-12-4-6-16(32(23,29)30)14(8-12)19(20,21)22/h4,6,8-11,13H,3,5,7H2,1-2H3,(H,24,28)(H2,23,29,30)(H2,25,26,27)/t11-,13+/m1/s1. The number of amides is 1. The molecule has 0 spiro atoms. The first-order valence-electron chi connectivity index (χ1n) is 9.86. The third kappa shape index (κ3) is 5.91. The second kappa shape index (κ2) is 8.98. The van der Waals surface area contributed by atoms with Gasteiger partial charge in [0.05, 0.1) is 10.5 Å². The second-order valence-electron chi connectivity index (χ2n) is 7.92. The van der Waals surface area contributed by atoms with E-state index in [1.165, 1.54) is 6.07 Å². The van der Waals surface area contributed by atoms with Crippen LogP contribution in [0.4, 0.5) is 29.5 Å². The first-order valence-corrected chi connectivity index (χ1v) is 11.4. The average Bonchev–Trinajstić information content (AvgIpc) is 3.28. The molecule has 13 heteroatoms. The van der Waals surface area contributed by atoms with E-state index in [1.807, 2.05) is 13.8 Å². The highest BCUT2D eigenvalue weighted by atomic mass is 32.2. The van der Waals surface area contributed by atoms with Crippen LogP contribution in [0.3, 0.4) is 0 Å². The Labute approximate surface area is 183 Å². The van der Waals surface area contributed by atoms with Gasteiger partial charge in [0.1, 0.15) is 6.10 Å². The minimum Gasteiger partial charge on any atom is -0.446 e. The monoisotopic (exact) mass is 475 g/mol. The van der Waals surface area contributed by atoms with Gasteiger partial charge < -0.3 is 15.4 Å². The van der Waals surface area contributed by atoms with E-state index in [2.05, 4.69) is 20.8 Å². The van der Waals surface area contributed by atoms with Crippen LogP contribution in [0.2, 0.25) is 0 Å². The summed E-state index contributed by atoms with van der Waals surface area (Å²) in [4.78, 5) is 10.8. The maximum atomic E-state index is 13.3. The van der Waals surface area contributed by atoms with Crippen molar-refractivity contribution in [2.75, 3.05) is 5.32 Å². The van der Waals surface area contributed by atoms with Crippen LogP contribution in [-0.4, -0.2) is 36.9 Å². The van der Waals surface area contributed by atoms with E-state index in [9.17, 15) is 26.4 Å². The summed E-state index contributed by atoms with van der Waals surface area (Å²) in [6.45, 7) is 3.66. The summed E-state index contributed by atoms with van der Waals surface area (Å²) in [5.74, 6) is 0.309. The van der Waals surface area contributed by atoms with Crippen molar-refractivity contribution in [2.45, 2.75) is 62.2 Å². The molecule has 9 nitrogen and oxygen atoms in total.